The van der Waals surface area contributed by atoms with Gasteiger partial charge < -0.3 is 10.4 Å². The van der Waals surface area contributed by atoms with Crippen molar-refractivity contribution < 1.29 is 22.9 Å². The largest absolute Gasteiger partial charge is 0.387 e. The molecule has 0 aromatic heterocycles. The van der Waals surface area contributed by atoms with Crippen LogP contribution in [0.3, 0.4) is 0 Å². The van der Waals surface area contributed by atoms with Crippen molar-refractivity contribution in [1.82, 2.24) is 5.32 Å². The number of aliphatic hydroxyl groups is 1. The molecule has 1 amide bonds. The Morgan fingerprint density at radius 2 is 1.02 bits per heavy atom. The molecule has 6 nitrogen and oxygen atoms in total. The molecule has 0 saturated carbocycles. The molecule has 0 aromatic carbocycles. The van der Waals surface area contributed by atoms with Crippen molar-refractivity contribution in [1.29, 1.82) is 0 Å². The lowest BCUT2D eigenvalue weighted by molar-refractivity contribution is -0.122. The van der Waals surface area contributed by atoms with Gasteiger partial charge in [0, 0.05) is 6.42 Å². The second-order valence-corrected chi connectivity index (χ2v) is 13.6. The van der Waals surface area contributed by atoms with E-state index in [4.69, 9.17) is 0 Å². The van der Waals surface area contributed by atoms with Crippen molar-refractivity contribution in [3.8, 4) is 0 Å². The maximum Gasteiger partial charge on any atom is 0.267 e. The highest BCUT2D eigenvalue weighted by atomic mass is 32.2. The second-order valence-electron chi connectivity index (χ2n) is 12.1. The minimum Gasteiger partial charge on any atom is -0.387 e. The summed E-state index contributed by atoms with van der Waals surface area (Å²) in [6.07, 6.45) is 35.9. The fourth-order valence-corrected chi connectivity index (χ4v) is 5.96. The van der Waals surface area contributed by atoms with Gasteiger partial charge in [0.15, 0.2) is 0 Å². The Morgan fingerprint density at radius 1 is 0.619 bits per heavy atom. The minimum atomic E-state index is -4.34. The molecule has 0 aromatic rings. The highest BCUT2D eigenvalue weighted by molar-refractivity contribution is 7.85. The van der Waals surface area contributed by atoms with Gasteiger partial charge in [0.1, 0.15) is 0 Å². The molecule has 7 heteroatoms. The van der Waals surface area contributed by atoms with Crippen molar-refractivity contribution >= 4 is 16.0 Å². The first-order chi connectivity index (χ1) is 20.3. The molecule has 42 heavy (non-hydrogen) atoms. The maximum absolute atomic E-state index is 12.4. The van der Waals surface area contributed by atoms with E-state index in [2.05, 4.69) is 31.3 Å². The SMILES string of the molecule is CCCCCCCC/C=C/CC/C=C/C(O)C(CS(=O)(=O)O)NC(=O)CCCCCCCCCCCCCCCCC. The standard InChI is InChI=1S/C35H67NO5S/c1-3-5-7-9-11-13-15-17-18-19-21-23-25-27-29-31-35(38)36-33(32-42(39,40)41)34(37)30-28-26-24-22-20-16-14-12-10-8-6-4-2/h20,22,28,30,33-34,37H,3-19,21,23-27,29,31-32H2,1-2H3,(H,36,38)(H,39,40,41)/b22-20+,30-28+. The van der Waals surface area contributed by atoms with Crippen LogP contribution in [0.4, 0.5) is 0 Å². The zero-order chi connectivity index (χ0) is 31.2. The number of unbranched alkanes of at least 4 members (excludes halogenated alkanes) is 21. The molecule has 2 atom stereocenters. The number of aliphatic hydroxyl groups excluding tert-OH is 1. The number of allylic oxidation sites excluding steroid dienone is 3. The van der Waals surface area contributed by atoms with Crippen LogP contribution < -0.4 is 5.32 Å². The summed E-state index contributed by atoms with van der Waals surface area (Å²) in [6.45, 7) is 4.48. The summed E-state index contributed by atoms with van der Waals surface area (Å²) in [5, 5.41) is 13.1. The molecule has 0 spiro atoms. The molecule has 0 aliphatic rings. The molecule has 0 saturated heterocycles. The van der Waals surface area contributed by atoms with Gasteiger partial charge in [0.2, 0.25) is 5.91 Å². The number of carbonyl (C=O) groups is 1. The van der Waals surface area contributed by atoms with Crippen LogP contribution in [0.15, 0.2) is 24.3 Å². The molecular formula is C35H67NO5S. The number of amides is 1. The Balaban J connectivity index is 4.03. The van der Waals surface area contributed by atoms with E-state index in [0.717, 1.165) is 38.5 Å². The summed E-state index contributed by atoms with van der Waals surface area (Å²) < 4.78 is 32.3. The van der Waals surface area contributed by atoms with Gasteiger partial charge in [0.05, 0.1) is 17.9 Å². The van der Waals surface area contributed by atoms with Gasteiger partial charge >= 0.3 is 0 Å². The first-order valence-corrected chi connectivity index (χ1v) is 19.1. The second kappa shape index (κ2) is 29.9. The summed E-state index contributed by atoms with van der Waals surface area (Å²) in [6, 6.07) is -1.07. The predicted molar refractivity (Wildman–Crippen MR) is 179 cm³/mol. The van der Waals surface area contributed by atoms with E-state index in [0.29, 0.717) is 6.42 Å². The topological polar surface area (TPSA) is 104 Å². The van der Waals surface area contributed by atoms with Crippen molar-refractivity contribution in [3.05, 3.63) is 24.3 Å². The average molecular weight is 614 g/mol. The van der Waals surface area contributed by atoms with Gasteiger partial charge in [-0.25, -0.2) is 0 Å². The monoisotopic (exact) mass is 613 g/mol. The molecule has 0 radical (unpaired) electrons. The van der Waals surface area contributed by atoms with E-state index in [9.17, 15) is 22.9 Å². The van der Waals surface area contributed by atoms with Crippen molar-refractivity contribution in [3.63, 3.8) is 0 Å². The molecule has 0 bridgehead atoms. The van der Waals surface area contributed by atoms with Crippen LogP contribution in [-0.4, -0.2) is 41.9 Å². The normalized spacial score (nSPS) is 13.7. The third-order valence-electron chi connectivity index (χ3n) is 7.88. The Hall–Kier alpha value is -1.18. The minimum absolute atomic E-state index is 0.288. The lowest BCUT2D eigenvalue weighted by Crippen LogP contribution is -2.46. The zero-order valence-electron chi connectivity index (χ0n) is 27.4. The van der Waals surface area contributed by atoms with Crippen LogP contribution in [0.1, 0.15) is 174 Å². The quantitative estimate of drug-likeness (QED) is 0.0410. The fourth-order valence-electron chi connectivity index (χ4n) is 5.23. The number of rotatable bonds is 31. The van der Waals surface area contributed by atoms with Gasteiger partial charge in [-0.05, 0) is 32.1 Å². The Bertz CT molecular complexity index is 765. The summed E-state index contributed by atoms with van der Waals surface area (Å²) >= 11 is 0. The smallest absolute Gasteiger partial charge is 0.267 e. The third-order valence-corrected chi connectivity index (χ3v) is 8.66. The first kappa shape index (κ1) is 40.8. The average Bonchev–Trinajstić information content (AvgIpc) is 2.94. The van der Waals surface area contributed by atoms with Crippen LogP contribution in [-0.2, 0) is 14.9 Å². The number of hydrogen-bond acceptors (Lipinski definition) is 4. The van der Waals surface area contributed by atoms with E-state index in [1.54, 1.807) is 6.08 Å². The van der Waals surface area contributed by atoms with Gasteiger partial charge in [-0.1, -0.05) is 160 Å². The van der Waals surface area contributed by atoms with E-state index in [-0.39, 0.29) is 5.91 Å². The van der Waals surface area contributed by atoms with Crippen molar-refractivity contribution in [2.75, 3.05) is 5.75 Å². The highest BCUT2D eigenvalue weighted by Crippen LogP contribution is 2.14. The molecule has 0 aliphatic carbocycles. The molecule has 0 aliphatic heterocycles. The molecule has 248 valence electrons. The molecular weight excluding hydrogens is 546 g/mol. The summed E-state index contributed by atoms with van der Waals surface area (Å²) in [5.41, 5.74) is 0. The van der Waals surface area contributed by atoms with E-state index in [1.807, 2.05) is 0 Å². The summed E-state index contributed by atoms with van der Waals surface area (Å²) in [5.74, 6) is -0.996. The van der Waals surface area contributed by atoms with E-state index < -0.39 is 28.0 Å². The molecule has 0 fully saturated rings. The number of hydrogen-bond donors (Lipinski definition) is 3. The summed E-state index contributed by atoms with van der Waals surface area (Å²) in [4.78, 5) is 12.4. The number of carbonyl (C=O) groups excluding carboxylic acids is 1. The van der Waals surface area contributed by atoms with Crippen LogP contribution in [0, 0.1) is 0 Å². The first-order valence-electron chi connectivity index (χ1n) is 17.5. The highest BCUT2D eigenvalue weighted by Gasteiger charge is 2.24. The Labute approximate surface area is 260 Å². The van der Waals surface area contributed by atoms with Crippen LogP contribution >= 0.6 is 0 Å². The molecule has 0 heterocycles. The van der Waals surface area contributed by atoms with Crippen LogP contribution in [0.2, 0.25) is 0 Å². The van der Waals surface area contributed by atoms with Crippen LogP contribution in [0.25, 0.3) is 0 Å². The Kier molecular flexibility index (Phi) is 29.0. The summed E-state index contributed by atoms with van der Waals surface area (Å²) in [7, 11) is -4.34. The predicted octanol–water partition coefficient (Wildman–Crippen LogP) is 9.62. The zero-order valence-corrected chi connectivity index (χ0v) is 28.2. The van der Waals surface area contributed by atoms with Gasteiger partial charge in [0.25, 0.3) is 10.1 Å². The third kappa shape index (κ3) is 30.3. The van der Waals surface area contributed by atoms with Crippen molar-refractivity contribution in [2.24, 2.45) is 0 Å². The maximum atomic E-state index is 12.4. The van der Waals surface area contributed by atoms with E-state index >= 15 is 0 Å². The van der Waals surface area contributed by atoms with Gasteiger partial charge in [-0.3, -0.25) is 9.35 Å². The van der Waals surface area contributed by atoms with E-state index in [1.165, 1.54) is 122 Å². The molecule has 0 rings (SSSR count). The molecule has 3 N–H and O–H groups in total. The van der Waals surface area contributed by atoms with Crippen molar-refractivity contribution in [2.45, 2.75) is 187 Å². The molecule has 2 unspecified atom stereocenters. The number of nitrogens with one attached hydrogen (secondary N) is 1. The lowest BCUT2D eigenvalue weighted by Gasteiger charge is -2.21. The van der Waals surface area contributed by atoms with Crippen LogP contribution in [0.5, 0.6) is 0 Å². The lowest BCUT2D eigenvalue weighted by atomic mass is 10.0. The van der Waals surface area contributed by atoms with Gasteiger partial charge in [-0.2, -0.15) is 8.42 Å². The van der Waals surface area contributed by atoms with Gasteiger partial charge in [-0.15, -0.1) is 0 Å². The fraction of sp³-hybridized carbons (Fsp3) is 0.857. The Morgan fingerprint density at radius 3 is 1.50 bits per heavy atom.